The van der Waals surface area contributed by atoms with Crippen molar-refractivity contribution in [2.45, 2.75) is 18.8 Å². The second kappa shape index (κ2) is 5.20. The molecule has 18 heavy (non-hydrogen) atoms. The topological polar surface area (TPSA) is 95.9 Å². The van der Waals surface area contributed by atoms with Crippen molar-refractivity contribution in [3.63, 3.8) is 0 Å². The van der Waals surface area contributed by atoms with Gasteiger partial charge < -0.3 is 14.5 Å². The van der Waals surface area contributed by atoms with E-state index >= 15 is 0 Å². The van der Waals surface area contributed by atoms with Crippen LogP contribution in [0.5, 0.6) is 0 Å². The number of carbonyl (C=O) groups excluding carboxylic acids is 1. The van der Waals surface area contributed by atoms with Crippen LogP contribution in [-0.2, 0) is 26.7 Å². The smallest absolute Gasteiger partial charge is 0.329 e. The number of benzene rings is 1. The highest BCUT2D eigenvalue weighted by Gasteiger charge is 2.22. The highest BCUT2D eigenvalue weighted by Crippen LogP contribution is 2.39. The molecule has 1 aromatic carbocycles. The van der Waals surface area contributed by atoms with Gasteiger partial charge in [0.1, 0.15) is 0 Å². The normalized spacial score (nSPS) is 19.1. The average Bonchev–Trinajstić information content (AvgIpc) is 2.28. The number of fused-ring (bicyclic) bond motifs is 1. The number of rotatable bonds is 4. The number of hydrogen-bond donors (Lipinski definition) is 3. The Morgan fingerprint density at radius 3 is 2.94 bits per heavy atom. The Morgan fingerprint density at radius 1 is 1.50 bits per heavy atom. The Labute approximate surface area is 104 Å². The molecule has 0 amide bonds. The van der Waals surface area contributed by atoms with Gasteiger partial charge >= 0.3 is 7.60 Å². The van der Waals surface area contributed by atoms with Crippen LogP contribution in [0, 0.1) is 0 Å². The van der Waals surface area contributed by atoms with Gasteiger partial charge in [0.25, 0.3) is 6.47 Å². The lowest BCUT2D eigenvalue weighted by molar-refractivity contribution is -0.135. The van der Waals surface area contributed by atoms with Crippen molar-refractivity contribution in [3.05, 3.63) is 34.9 Å². The van der Waals surface area contributed by atoms with Gasteiger partial charge in [-0.05, 0) is 23.6 Å². The van der Waals surface area contributed by atoms with Crippen LogP contribution in [0.25, 0.3) is 0 Å². The maximum Gasteiger partial charge on any atom is 0.329 e. The molecule has 0 saturated heterocycles. The van der Waals surface area contributed by atoms with Gasteiger partial charge in [-0.15, -0.1) is 0 Å². The van der Waals surface area contributed by atoms with Crippen molar-refractivity contribution in [1.82, 2.24) is 5.32 Å². The maximum atomic E-state index is 11.0. The molecule has 0 fully saturated rings. The molecular weight excluding hydrogens is 257 g/mol. The Morgan fingerprint density at radius 2 is 2.28 bits per heavy atom. The fourth-order valence-electron chi connectivity index (χ4n) is 2.08. The summed E-state index contributed by atoms with van der Waals surface area (Å²) in [4.78, 5) is 28.3. The standard InChI is InChI=1S/C11H14NO5P/c13-7-17-11-10-5-8(6-18(14,15)16)1-2-9(10)3-4-12-11/h1-2,5,7,11-12H,3-4,6H2,(H2,14,15,16). The summed E-state index contributed by atoms with van der Waals surface area (Å²) in [6, 6.07) is 5.19. The van der Waals surface area contributed by atoms with E-state index in [0.717, 1.165) is 17.5 Å². The van der Waals surface area contributed by atoms with Crippen molar-refractivity contribution < 1.29 is 23.9 Å². The molecule has 0 aliphatic carbocycles. The molecule has 0 spiro atoms. The molecule has 0 aromatic heterocycles. The summed E-state index contributed by atoms with van der Waals surface area (Å²) in [5.41, 5.74) is 2.32. The Bertz CT molecular complexity index is 498. The number of carbonyl (C=O) groups is 1. The van der Waals surface area contributed by atoms with Gasteiger partial charge in [0.15, 0.2) is 6.23 Å². The molecule has 6 nitrogen and oxygen atoms in total. The van der Waals surface area contributed by atoms with E-state index in [1.807, 2.05) is 6.07 Å². The highest BCUT2D eigenvalue weighted by molar-refractivity contribution is 7.50. The summed E-state index contributed by atoms with van der Waals surface area (Å²) in [6.07, 6.45) is -0.0545. The van der Waals surface area contributed by atoms with Crippen LogP contribution in [0.15, 0.2) is 18.2 Å². The third-order valence-corrected chi connectivity index (χ3v) is 3.57. The lowest BCUT2D eigenvalue weighted by Crippen LogP contribution is -2.31. The second-order valence-electron chi connectivity index (χ2n) is 4.17. The molecule has 2 rings (SSSR count). The second-order valence-corrected chi connectivity index (χ2v) is 5.82. The van der Waals surface area contributed by atoms with E-state index in [4.69, 9.17) is 14.5 Å². The van der Waals surface area contributed by atoms with Gasteiger partial charge in [-0.3, -0.25) is 14.7 Å². The fraction of sp³-hybridized carbons (Fsp3) is 0.364. The molecule has 7 heteroatoms. The molecule has 1 aliphatic rings. The summed E-state index contributed by atoms with van der Waals surface area (Å²) in [6.45, 7) is 1.06. The molecule has 0 radical (unpaired) electrons. The van der Waals surface area contributed by atoms with E-state index in [0.29, 0.717) is 18.6 Å². The first-order valence-electron chi connectivity index (χ1n) is 5.48. The molecule has 1 aliphatic heterocycles. The maximum absolute atomic E-state index is 11.0. The van der Waals surface area contributed by atoms with Crippen LogP contribution < -0.4 is 5.32 Å². The Kier molecular flexibility index (Phi) is 3.82. The summed E-state index contributed by atoms with van der Waals surface area (Å²) < 4.78 is 15.9. The third-order valence-electron chi connectivity index (χ3n) is 2.80. The number of nitrogens with one attached hydrogen (secondary N) is 1. The SMILES string of the molecule is O=COC1NCCc2ccc(CP(=O)(O)O)cc21. The molecule has 1 atom stereocenters. The van der Waals surface area contributed by atoms with Crippen LogP contribution in [0.2, 0.25) is 0 Å². The molecule has 1 unspecified atom stereocenters. The molecule has 1 aromatic rings. The molecule has 0 saturated carbocycles. The first-order chi connectivity index (χ1) is 8.49. The zero-order valence-corrected chi connectivity index (χ0v) is 10.5. The van der Waals surface area contributed by atoms with E-state index in [-0.39, 0.29) is 6.16 Å². The molecular formula is C11H14NO5P. The van der Waals surface area contributed by atoms with E-state index in [2.05, 4.69) is 5.32 Å². The first-order valence-corrected chi connectivity index (χ1v) is 7.28. The zero-order valence-electron chi connectivity index (χ0n) is 9.57. The minimum absolute atomic E-state index is 0.311. The first kappa shape index (κ1) is 13.2. The number of ether oxygens (including phenoxy) is 1. The van der Waals surface area contributed by atoms with Crippen LogP contribution >= 0.6 is 7.60 Å². The van der Waals surface area contributed by atoms with Gasteiger partial charge in [-0.2, -0.15) is 0 Å². The minimum Gasteiger partial charge on any atom is -0.444 e. The summed E-state index contributed by atoms with van der Waals surface area (Å²) in [5, 5.41) is 3.02. The van der Waals surface area contributed by atoms with E-state index in [9.17, 15) is 9.36 Å². The third kappa shape index (κ3) is 3.17. The average molecular weight is 271 g/mol. The van der Waals surface area contributed by atoms with Crippen molar-refractivity contribution in [1.29, 1.82) is 0 Å². The largest absolute Gasteiger partial charge is 0.444 e. The van der Waals surface area contributed by atoms with E-state index in [1.165, 1.54) is 0 Å². The molecule has 1 heterocycles. The van der Waals surface area contributed by atoms with Crippen molar-refractivity contribution in [2.24, 2.45) is 0 Å². The van der Waals surface area contributed by atoms with Gasteiger partial charge in [-0.25, -0.2) is 0 Å². The number of hydrogen-bond acceptors (Lipinski definition) is 4. The predicted molar refractivity (Wildman–Crippen MR) is 63.8 cm³/mol. The fourth-order valence-corrected chi connectivity index (χ4v) is 2.75. The Balaban J connectivity index is 2.30. The summed E-state index contributed by atoms with van der Waals surface area (Å²) >= 11 is 0. The predicted octanol–water partition coefficient (Wildman–Crippen LogP) is 0.682. The van der Waals surface area contributed by atoms with Crippen molar-refractivity contribution in [3.8, 4) is 0 Å². The van der Waals surface area contributed by atoms with Crippen LogP contribution in [0.4, 0.5) is 0 Å². The highest BCUT2D eigenvalue weighted by atomic mass is 31.2. The van der Waals surface area contributed by atoms with E-state index in [1.54, 1.807) is 12.1 Å². The van der Waals surface area contributed by atoms with Crippen molar-refractivity contribution in [2.75, 3.05) is 6.54 Å². The van der Waals surface area contributed by atoms with Gasteiger partial charge in [0.2, 0.25) is 0 Å². The van der Waals surface area contributed by atoms with Crippen LogP contribution in [0.1, 0.15) is 22.9 Å². The van der Waals surface area contributed by atoms with Gasteiger partial charge in [0, 0.05) is 12.1 Å². The molecule has 98 valence electrons. The van der Waals surface area contributed by atoms with E-state index < -0.39 is 13.8 Å². The lowest BCUT2D eigenvalue weighted by Gasteiger charge is -2.25. The lowest BCUT2D eigenvalue weighted by atomic mass is 9.97. The van der Waals surface area contributed by atoms with Crippen molar-refractivity contribution >= 4 is 14.1 Å². The minimum atomic E-state index is -4.09. The monoisotopic (exact) mass is 271 g/mol. The Hall–Kier alpha value is -1.20. The molecule has 3 N–H and O–H groups in total. The zero-order chi connectivity index (χ0) is 13.2. The summed E-state index contributed by atoms with van der Waals surface area (Å²) in [5.74, 6) is 0. The quantitative estimate of drug-likeness (QED) is 0.550. The van der Waals surface area contributed by atoms with Crippen LogP contribution in [-0.4, -0.2) is 22.8 Å². The summed E-state index contributed by atoms with van der Waals surface area (Å²) in [7, 11) is -4.09. The van der Waals surface area contributed by atoms with Gasteiger partial charge in [-0.1, -0.05) is 12.1 Å². The molecule has 0 bridgehead atoms. The van der Waals surface area contributed by atoms with Crippen LogP contribution in [0.3, 0.4) is 0 Å². The van der Waals surface area contributed by atoms with Gasteiger partial charge in [0.05, 0.1) is 6.16 Å².